The van der Waals surface area contributed by atoms with Crippen molar-refractivity contribution in [2.45, 2.75) is 19.7 Å². The number of hydrogen-bond donors (Lipinski definition) is 2. The van der Waals surface area contributed by atoms with Crippen molar-refractivity contribution in [3.8, 4) is 5.75 Å². The number of rotatable bonds is 7. The third kappa shape index (κ3) is 5.90. The predicted octanol–water partition coefficient (Wildman–Crippen LogP) is 4.43. The van der Waals surface area contributed by atoms with Gasteiger partial charge in [-0.05, 0) is 41.0 Å². The van der Waals surface area contributed by atoms with Crippen LogP contribution in [-0.4, -0.2) is 5.11 Å². The average molecular weight is 362 g/mol. The van der Waals surface area contributed by atoms with Gasteiger partial charge in [-0.1, -0.05) is 72.8 Å². The van der Waals surface area contributed by atoms with Crippen LogP contribution in [0.25, 0.3) is 0 Å². The molecule has 0 radical (unpaired) electrons. The molecule has 0 aliphatic rings. The van der Waals surface area contributed by atoms with Crippen LogP contribution >= 0.6 is 12.2 Å². The van der Waals surface area contributed by atoms with E-state index in [9.17, 15) is 0 Å². The average Bonchev–Trinajstić information content (AvgIpc) is 2.71. The number of thiocarbonyl (C=S) groups is 1. The van der Waals surface area contributed by atoms with E-state index in [0.717, 1.165) is 23.4 Å². The van der Waals surface area contributed by atoms with Gasteiger partial charge >= 0.3 is 0 Å². The maximum Gasteiger partial charge on any atom is 0.166 e. The normalized spacial score (nSPS) is 10.2. The Morgan fingerprint density at radius 3 is 1.73 bits per heavy atom. The van der Waals surface area contributed by atoms with E-state index in [0.29, 0.717) is 18.3 Å². The predicted molar refractivity (Wildman–Crippen MR) is 110 cm³/mol. The highest BCUT2D eigenvalue weighted by Gasteiger charge is 1.99. The molecule has 0 bridgehead atoms. The first-order valence-corrected chi connectivity index (χ1v) is 9.02. The lowest BCUT2D eigenvalue weighted by Crippen LogP contribution is -2.34. The molecule has 4 heteroatoms. The van der Waals surface area contributed by atoms with Crippen molar-refractivity contribution in [2.75, 3.05) is 0 Å². The first-order valence-electron chi connectivity index (χ1n) is 8.61. The quantitative estimate of drug-likeness (QED) is 0.609. The van der Waals surface area contributed by atoms with E-state index < -0.39 is 0 Å². The fourth-order valence-corrected chi connectivity index (χ4v) is 2.61. The summed E-state index contributed by atoms with van der Waals surface area (Å²) in [6.07, 6.45) is 0. The molecule has 132 valence electrons. The largest absolute Gasteiger partial charge is 0.489 e. The summed E-state index contributed by atoms with van der Waals surface area (Å²) in [6.45, 7) is 1.98. The molecule has 0 atom stereocenters. The lowest BCUT2D eigenvalue weighted by atomic mass is 10.2. The van der Waals surface area contributed by atoms with Crippen molar-refractivity contribution in [1.29, 1.82) is 0 Å². The summed E-state index contributed by atoms with van der Waals surface area (Å²) >= 11 is 5.33. The topological polar surface area (TPSA) is 33.3 Å². The maximum atomic E-state index is 5.80. The Kier molecular flexibility index (Phi) is 6.62. The number of benzene rings is 3. The summed E-state index contributed by atoms with van der Waals surface area (Å²) in [5.74, 6) is 0.863. The fourth-order valence-electron chi connectivity index (χ4n) is 2.47. The van der Waals surface area contributed by atoms with Crippen LogP contribution in [0.2, 0.25) is 0 Å². The summed E-state index contributed by atoms with van der Waals surface area (Å²) in [7, 11) is 0. The van der Waals surface area contributed by atoms with Crippen LogP contribution in [-0.2, 0) is 19.7 Å². The van der Waals surface area contributed by atoms with Gasteiger partial charge in [-0.25, -0.2) is 0 Å². The van der Waals surface area contributed by atoms with E-state index in [1.807, 2.05) is 60.7 Å². The molecule has 0 unspecified atom stereocenters. The summed E-state index contributed by atoms with van der Waals surface area (Å²) in [5, 5.41) is 7.09. The minimum absolute atomic E-state index is 0.575. The first kappa shape index (κ1) is 18.0. The molecule has 26 heavy (non-hydrogen) atoms. The van der Waals surface area contributed by atoms with Crippen LogP contribution in [0.3, 0.4) is 0 Å². The van der Waals surface area contributed by atoms with Crippen LogP contribution in [0.15, 0.2) is 84.9 Å². The first-order chi connectivity index (χ1) is 12.8. The van der Waals surface area contributed by atoms with Crippen LogP contribution < -0.4 is 15.4 Å². The Labute approximate surface area is 160 Å². The molecule has 0 spiro atoms. The minimum atomic E-state index is 0.575. The van der Waals surface area contributed by atoms with E-state index in [1.165, 1.54) is 5.56 Å². The number of hydrogen-bond acceptors (Lipinski definition) is 2. The van der Waals surface area contributed by atoms with Crippen LogP contribution in [0, 0.1) is 0 Å². The molecular formula is C22H22N2OS. The summed E-state index contributed by atoms with van der Waals surface area (Å²) in [5.41, 5.74) is 3.52. The Morgan fingerprint density at radius 1 is 0.654 bits per heavy atom. The Bertz CT molecular complexity index is 805. The summed E-state index contributed by atoms with van der Waals surface area (Å²) < 4.78 is 5.80. The van der Waals surface area contributed by atoms with Gasteiger partial charge in [0.25, 0.3) is 0 Å². The van der Waals surface area contributed by atoms with Gasteiger partial charge in [0.05, 0.1) is 0 Å². The molecule has 0 saturated carbocycles. The highest BCUT2D eigenvalue weighted by atomic mass is 32.1. The van der Waals surface area contributed by atoms with Gasteiger partial charge in [-0.15, -0.1) is 0 Å². The van der Waals surface area contributed by atoms with Gasteiger partial charge in [0.15, 0.2) is 5.11 Å². The Hall–Kier alpha value is -2.85. The lowest BCUT2D eigenvalue weighted by Gasteiger charge is -2.11. The van der Waals surface area contributed by atoms with Gasteiger partial charge in [0, 0.05) is 13.1 Å². The smallest absolute Gasteiger partial charge is 0.166 e. The van der Waals surface area contributed by atoms with Gasteiger partial charge in [0.2, 0.25) is 0 Å². The monoisotopic (exact) mass is 362 g/mol. The van der Waals surface area contributed by atoms with Crippen molar-refractivity contribution in [1.82, 2.24) is 10.6 Å². The zero-order valence-electron chi connectivity index (χ0n) is 14.5. The molecule has 0 aliphatic heterocycles. The van der Waals surface area contributed by atoms with Crippen molar-refractivity contribution >= 4 is 17.3 Å². The van der Waals surface area contributed by atoms with E-state index >= 15 is 0 Å². The third-order valence-corrected chi connectivity index (χ3v) is 4.21. The Morgan fingerprint density at radius 2 is 1.15 bits per heavy atom. The molecule has 3 aromatic rings. The van der Waals surface area contributed by atoms with Gasteiger partial charge in [-0.3, -0.25) is 0 Å². The molecule has 3 rings (SSSR count). The molecule has 3 nitrogen and oxygen atoms in total. The SMILES string of the molecule is S=C(NCc1ccccc1)NCc1ccc(OCc2ccccc2)cc1. The maximum absolute atomic E-state index is 5.80. The zero-order chi connectivity index (χ0) is 18.0. The summed E-state index contributed by atoms with van der Waals surface area (Å²) in [6, 6.07) is 28.4. The summed E-state index contributed by atoms with van der Waals surface area (Å²) in [4.78, 5) is 0. The van der Waals surface area contributed by atoms with Crippen LogP contribution in [0.1, 0.15) is 16.7 Å². The van der Waals surface area contributed by atoms with Gasteiger partial charge in [0.1, 0.15) is 12.4 Å². The van der Waals surface area contributed by atoms with Crippen LogP contribution in [0.4, 0.5) is 0 Å². The fraction of sp³-hybridized carbons (Fsp3) is 0.136. The highest BCUT2D eigenvalue weighted by Crippen LogP contribution is 2.14. The van der Waals surface area contributed by atoms with Gasteiger partial charge < -0.3 is 15.4 Å². The van der Waals surface area contributed by atoms with Crippen molar-refractivity contribution < 1.29 is 4.74 Å². The second kappa shape index (κ2) is 9.59. The molecule has 3 aromatic carbocycles. The van der Waals surface area contributed by atoms with Crippen LogP contribution in [0.5, 0.6) is 5.75 Å². The lowest BCUT2D eigenvalue weighted by molar-refractivity contribution is 0.306. The molecule has 2 N–H and O–H groups in total. The second-order valence-corrected chi connectivity index (χ2v) is 6.35. The number of ether oxygens (including phenoxy) is 1. The van der Waals surface area contributed by atoms with E-state index in [4.69, 9.17) is 17.0 Å². The van der Waals surface area contributed by atoms with E-state index in [2.05, 4.69) is 34.9 Å². The standard InChI is InChI=1S/C22H22N2OS/c26-22(23-15-18-7-3-1-4-8-18)24-16-19-11-13-21(14-12-19)25-17-20-9-5-2-6-10-20/h1-14H,15-17H2,(H2,23,24,26). The van der Waals surface area contributed by atoms with E-state index in [-0.39, 0.29) is 0 Å². The van der Waals surface area contributed by atoms with Gasteiger partial charge in [-0.2, -0.15) is 0 Å². The second-order valence-electron chi connectivity index (χ2n) is 5.94. The van der Waals surface area contributed by atoms with Crippen molar-refractivity contribution in [3.05, 3.63) is 102 Å². The number of nitrogens with one attached hydrogen (secondary N) is 2. The van der Waals surface area contributed by atoms with Crippen molar-refractivity contribution in [2.24, 2.45) is 0 Å². The third-order valence-electron chi connectivity index (χ3n) is 3.92. The molecule has 0 heterocycles. The van der Waals surface area contributed by atoms with Crippen molar-refractivity contribution in [3.63, 3.8) is 0 Å². The minimum Gasteiger partial charge on any atom is -0.489 e. The molecule has 0 saturated heterocycles. The zero-order valence-corrected chi connectivity index (χ0v) is 15.3. The molecule has 0 amide bonds. The highest BCUT2D eigenvalue weighted by molar-refractivity contribution is 7.80. The molecule has 0 aromatic heterocycles. The Balaban J connectivity index is 1.40. The molecule has 0 fully saturated rings. The molecule has 0 aliphatic carbocycles. The molecular weight excluding hydrogens is 340 g/mol. The van der Waals surface area contributed by atoms with E-state index in [1.54, 1.807) is 0 Å².